The highest BCUT2D eigenvalue weighted by Gasteiger charge is 2.39. The van der Waals surface area contributed by atoms with Crippen molar-refractivity contribution in [3.05, 3.63) is 0 Å². The lowest BCUT2D eigenvalue weighted by molar-refractivity contribution is 0.105. The molecule has 1 heteroatoms. The molecule has 4 atom stereocenters. The van der Waals surface area contributed by atoms with Gasteiger partial charge in [-0.1, -0.05) is 34.6 Å². The summed E-state index contributed by atoms with van der Waals surface area (Å²) < 4.78 is 0. The molecule has 2 N–H and O–H groups in total. The van der Waals surface area contributed by atoms with Crippen molar-refractivity contribution in [3.63, 3.8) is 0 Å². The van der Waals surface area contributed by atoms with Crippen LogP contribution in [-0.2, 0) is 0 Å². The third-order valence-corrected chi connectivity index (χ3v) is 4.65. The molecule has 0 aromatic carbocycles. The lowest BCUT2D eigenvalue weighted by atomic mass is 9.64. The second-order valence-electron chi connectivity index (χ2n) is 5.96. The third-order valence-electron chi connectivity index (χ3n) is 4.65. The second-order valence-corrected chi connectivity index (χ2v) is 5.96. The van der Waals surface area contributed by atoms with Gasteiger partial charge in [-0.3, -0.25) is 0 Å². The molecule has 0 bridgehead atoms. The van der Waals surface area contributed by atoms with Gasteiger partial charge in [-0.2, -0.15) is 0 Å². The summed E-state index contributed by atoms with van der Waals surface area (Å²) >= 11 is 0. The predicted molar refractivity (Wildman–Crippen MR) is 63.1 cm³/mol. The molecule has 0 saturated heterocycles. The summed E-state index contributed by atoms with van der Waals surface area (Å²) in [7, 11) is 0. The topological polar surface area (TPSA) is 26.0 Å². The Morgan fingerprint density at radius 2 is 1.71 bits per heavy atom. The van der Waals surface area contributed by atoms with Crippen LogP contribution in [0.1, 0.15) is 53.9 Å². The molecule has 0 radical (unpaired) electrons. The first-order valence-electron chi connectivity index (χ1n) is 6.15. The first kappa shape index (κ1) is 12.0. The molecule has 1 nitrogen and oxygen atoms in total. The van der Waals surface area contributed by atoms with Gasteiger partial charge in [0.05, 0.1) is 0 Å². The summed E-state index contributed by atoms with van der Waals surface area (Å²) in [4.78, 5) is 0. The Bertz CT molecular complexity index is 188. The molecular formula is C13H27N. The van der Waals surface area contributed by atoms with Crippen LogP contribution in [-0.4, -0.2) is 5.54 Å². The second kappa shape index (κ2) is 4.22. The first-order valence-corrected chi connectivity index (χ1v) is 6.15. The van der Waals surface area contributed by atoms with E-state index in [0.29, 0.717) is 11.8 Å². The van der Waals surface area contributed by atoms with E-state index in [1.54, 1.807) is 0 Å². The van der Waals surface area contributed by atoms with Crippen molar-refractivity contribution in [2.45, 2.75) is 59.4 Å². The minimum atomic E-state index is 0.111. The fourth-order valence-electron chi connectivity index (χ4n) is 2.76. The van der Waals surface area contributed by atoms with Gasteiger partial charge < -0.3 is 5.73 Å². The summed E-state index contributed by atoms with van der Waals surface area (Å²) in [6, 6.07) is 0. The maximum atomic E-state index is 6.56. The standard InChI is InChI=1S/C13H27N/c1-9(2)12(5)13(14)7-6-10(3)11(4)8-13/h9-12H,6-8,14H2,1-5H3. The largest absolute Gasteiger partial charge is 0.325 e. The van der Waals surface area contributed by atoms with Crippen LogP contribution in [0.25, 0.3) is 0 Å². The number of rotatable bonds is 2. The molecule has 1 aliphatic carbocycles. The van der Waals surface area contributed by atoms with Gasteiger partial charge in [0.1, 0.15) is 0 Å². The van der Waals surface area contributed by atoms with Crippen LogP contribution in [0, 0.1) is 23.7 Å². The van der Waals surface area contributed by atoms with E-state index in [1.165, 1.54) is 19.3 Å². The van der Waals surface area contributed by atoms with Crippen molar-refractivity contribution in [1.82, 2.24) is 0 Å². The van der Waals surface area contributed by atoms with E-state index in [-0.39, 0.29) is 5.54 Å². The van der Waals surface area contributed by atoms with Crippen molar-refractivity contribution in [2.24, 2.45) is 29.4 Å². The van der Waals surface area contributed by atoms with Crippen molar-refractivity contribution >= 4 is 0 Å². The minimum Gasteiger partial charge on any atom is -0.325 e. The SMILES string of the molecule is CC(C)C(C)C1(N)CCC(C)C(C)C1. The maximum absolute atomic E-state index is 6.56. The zero-order valence-electron chi connectivity index (χ0n) is 10.5. The molecule has 0 spiro atoms. The number of nitrogens with two attached hydrogens (primary N) is 1. The van der Waals surface area contributed by atoms with Gasteiger partial charge in [0.25, 0.3) is 0 Å². The van der Waals surface area contributed by atoms with Crippen LogP contribution in [0.4, 0.5) is 0 Å². The van der Waals surface area contributed by atoms with Crippen LogP contribution in [0.5, 0.6) is 0 Å². The van der Waals surface area contributed by atoms with E-state index in [2.05, 4.69) is 34.6 Å². The molecule has 0 aromatic heterocycles. The lowest BCUT2D eigenvalue weighted by Gasteiger charge is -2.45. The number of hydrogen-bond donors (Lipinski definition) is 1. The average Bonchev–Trinajstić information content (AvgIpc) is 2.11. The average molecular weight is 197 g/mol. The molecular weight excluding hydrogens is 170 g/mol. The van der Waals surface area contributed by atoms with Gasteiger partial charge in [0, 0.05) is 5.54 Å². The Kier molecular flexibility index (Phi) is 3.63. The van der Waals surface area contributed by atoms with Gasteiger partial charge in [-0.15, -0.1) is 0 Å². The highest BCUT2D eigenvalue weighted by Crippen LogP contribution is 2.40. The van der Waals surface area contributed by atoms with Crippen molar-refractivity contribution in [1.29, 1.82) is 0 Å². The zero-order chi connectivity index (χ0) is 10.9. The van der Waals surface area contributed by atoms with Crippen molar-refractivity contribution in [3.8, 4) is 0 Å². The quantitative estimate of drug-likeness (QED) is 0.721. The van der Waals surface area contributed by atoms with E-state index in [4.69, 9.17) is 5.73 Å². The molecule has 0 aliphatic heterocycles. The maximum Gasteiger partial charge on any atom is 0.0185 e. The molecule has 0 aromatic rings. The Hall–Kier alpha value is -0.0400. The molecule has 4 unspecified atom stereocenters. The van der Waals surface area contributed by atoms with E-state index in [1.807, 2.05) is 0 Å². The van der Waals surface area contributed by atoms with Gasteiger partial charge >= 0.3 is 0 Å². The smallest absolute Gasteiger partial charge is 0.0185 e. The highest BCUT2D eigenvalue weighted by atomic mass is 14.8. The molecule has 1 saturated carbocycles. The van der Waals surface area contributed by atoms with Crippen LogP contribution in [0.15, 0.2) is 0 Å². The fourth-order valence-corrected chi connectivity index (χ4v) is 2.76. The van der Waals surface area contributed by atoms with Gasteiger partial charge in [0.2, 0.25) is 0 Å². The Morgan fingerprint density at radius 3 is 2.14 bits per heavy atom. The van der Waals surface area contributed by atoms with Gasteiger partial charge in [-0.05, 0) is 42.9 Å². The Balaban J connectivity index is 2.66. The van der Waals surface area contributed by atoms with E-state index in [9.17, 15) is 0 Å². The van der Waals surface area contributed by atoms with Crippen LogP contribution < -0.4 is 5.73 Å². The summed E-state index contributed by atoms with van der Waals surface area (Å²) in [5, 5.41) is 0. The summed E-state index contributed by atoms with van der Waals surface area (Å²) in [5.74, 6) is 3.03. The monoisotopic (exact) mass is 197 g/mol. The Labute approximate surface area is 89.5 Å². The highest BCUT2D eigenvalue weighted by molar-refractivity contribution is 4.96. The summed E-state index contributed by atoms with van der Waals surface area (Å²) in [6.45, 7) is 11.6. The molecule has 1 fully saturated rings. The van der Waals surface area contributed by atoms with E-state index < -0.39 is 0 Å². The minimum absolute atomic E-state index is 0.111. The van der Waals surface area contributed by atoms with Gasteiger partial charge in [0.15, 0.2) is 0 Å². The summed E-state index contributed by atoms with van der Waals surface area (Å²) in [5.41, 5.74) is 6.67. The lowest BCUT2D eigenvalue weighted by Crippen LogP contribution is -2.52. The third kappa shape index (κ3) is 2.31. The van der Waals surface area contributed by atoms with Crippen LogP contribution >= 0.6 is 0 Å². The Morgan fingerprint density at radius 1 is 1.14 bits per heavy atom. The molecule has 0 heterocycles. The van der Waals surface area contributed by atoms with Crippen LogP contribution in [0.2, 0.25) is 0 Å². The van der Waals surface area contributed by atoms with Crippen LogP contribution in [0.3, 0.4) is 0 Å². The van der Waals surface area contributed by atoms with E-state index in [0.717, 1.165) is 11.8 Å². The molecule has 14 heavy (non-hydrogen) atoms. The molecule has 0 amide bonds. The first-order chi connectivity index (χ1) is 6.37. The normalized spacial score (nSPS) is 41.4. The molecule has 84 valence electrons. The molecule has 1 aliphatic rings. The predicted octanol–water partition coefficient (Wildman–Crippen LogP) is 3.43. The van der Waals surface area contributed by atoms with Crippen molar-refractivity contribution in [2.75, 3.05) is 0 Å². The molecule has 1 rings (SSSR count). The number of hydrogen-bond acceptors (Lipinski definition) is 1. The fraction of sp³-hybridized carbons (Fsp3) is 1.00. The zero-order valence-corrected chi connectivity index (χ0v) is 10.5. The van der Waals surface area contributed by atoms with Gasteiger partial charge in [-0.25, -0.2) is 0 Å². The summed E-state index contributed by atoms with van der Waals surface area (Å²) in [6.07, 6.45) is 3.75. The van der Waals surface area contributed by atoms with E-state index >= 15 is 0 Å². The van der Waals surface area contributed by atoms with Crippen molar-refractivity contribution < 1.29 is 0 Å².